The number of hydrogen-bond acceptors (Lipinski definition) is 5. The third-order valence-corrected chi connectivity index (χ3v) is 5.21. The summed E-state index contributed by atoms with van der Waals surface area (Å²) in [5.74, 6) is -0.282. The number of rotatable bonds is 4. The molecule has 7 heteroatoms. The Morgan fingerprint density at radius 2 is 1.82 bits per heavy atom. The molecule has 1 N–H and O–H groups in total. The molecule has 4 rings (SSSR count). The van der Waals surface area contributed by atoms with Crippen LogP contribution in [0.5, 0.6) is 0 Å². The highest BCUT2D eigenvalue weighted by Gasteiger charge is 2.17. The Morgan fingerprint density at radius 3 is 2.50 bits per heavy atom. The lowest BCUT2D eigenvalue weighted by molar-refractivity contribution is 0.102. The smallest absolute Gasteiger partial charge is 0.278 e. The summed E-state index contributed by atoms with van der Waals surface area (Å²) in [5, 5.41) is 14.6. The third kappa shape index (κ3) is 3.57. The van der Waals surface area contributed by atoms with Crippen molar-refractivity contribution < 1.29 is 4.79 Å². The van der Waals surface area contributed by atoms with E-state index < -0.39 is 0 Å². The van der Waals surface area contributed by atoms with E-state index in [-0.39, 0.29) is 5.91 Å². The molecule has 0 aliphatic heterocycles. The maximum Gasteiger partial charge on any atom is 0.278 e. The predicted octanol–water partition coefficient (Wildman–Crippen LogP) is 4.57. The fourth-order valence-corrected chi connectivity index (χ4v) is 3.62. The molecule has 2 aromatic carbocycles. The number of aryl methyl sites for hydroxylation is 3. The van der Waals surface area contributed by atoms with E-state index in [1.54, 1.807) is 24.5 Å². The van der Waals surface area contributed by atoms with Crippen molar-refractivity contribution in [2.45, 2.75) is 20.8 Å². The average Bonchev–Trinajstić information content (AvgIpc) is 3.32. The van der Waals surface area contributed by atoms with Crippen molar-refractivity contribution in [3.05, 3.63) is 76.6 Å². The van der Waals surface area contributed by atoms with Crippen LogP contribution in [-0.2, 0) is 0 Å². The van der Waals surface area contributed by atoms with Crippen LogP contribution in [-0.4, -0.2) is 25.9 Å². The third-order valence-electron chi connectivity index (χ3n) is 4.39. The van der Waals surface area contributed by atoms with Crippen molar-refractivity contribution in [2.75, 3.05) is 5.32 Å². The van der Waals surface area contributed by atoms with E-state index in [1.165, 1.54) is 10.4 Å². The minimum absolute atomic E-state index is 0.282. The van der Waals surface area contributed by atoms with E-state index in [2.05, 4.69) is 26.6 Å². The van der Waals surface area contributed by atoms with Gasteiger partial charge in [0.1, 0.15) is 5.01 Å². The standard InChI is InChI=1S/C21H19N5OS/c1-13-4-9-18(14(2)12-13)26-24-15(3)19(25-26)20(27)23-17-7-5-16(6-8-17)21-22-10-11-28-21/h4-12H,1-3H3,(H,23,27). The van der Waals surface area contributed by atoms with Gasteiger partial charge in [0.15, 0.2) is 5.69 Å². The molecule has 28 heavy (non-hydrogen) atoms. The Kier molecular flexibility index (Phi) is 4.75. The molecular formula is C21H19N5OS. The molecule has 1 amide bonds. The minimum Gasteiger partial charge on any atom is -0.321 e. The first-order valence-electron chi connectivity index (χ1n) is 8.84. The highest BCUT2D eigenvalue weighted by atomic mass is 32.1. The van der Waals surface area contributed by atoms with Crippen molar-refractivity contribution in [2.24, 2.45) is 0 Å². The Balaban J connectivity index is 1.54. The Bertz CT molecular complexity index is 1130. The molecule has 4 aromatic rings. The molecule has 0 fully saturated rings. The summed E-state index contributed by atoms with van der Waals surface area (Å²) < 4.78 is 0. The van der Waals surface area contributed by atoms with E-state index in [1.807, 2.05) is 55.6 Å². The van der Waals surface area contributed by atoms with Gasteiger partial charge >= 0.3 is 0 Å². The van der Waals surface area contributed by atoms with Crippen LogP contribution in [0, 0.1) is 20.8 Å². The summed E-state index contributed by atoms with van der Waals surface area (Å²) in [6.07, 6.45) is 1.78. The SMILES string of the molecule is Cc1ccc(-n2nc(C)c(C(=O)Nc3ccc(-c4nccs4)cc3)n2)c(C)c1. The molecule has 0 unspecified atom stereocenters. The van der Waals surface area contributed by atoms with E-state index in [0.717, 1.165) is 21.8 Å². The van der Waals surface area contributed by atoms with E-state index in [4.69, 9.17) is 0 Å². The van der Waals surface area contributed by atoms with Crippen LogP contribution in [0.4, 0.5) is 5.69 Å². The van der Waals surface area contributed by atoms with Crippen molar-refractivity contribution in [3.63, 3.8) is 0 Å². The van der Waals surface area contributed by atoms with Crippen LogP contribution in [0.15, 0.2) is 54.0 Å². The van der Waals surface area contributed by atoms with E-state index in [9.17, 15) is 4.79 Å². The zero-order valence-corrected chi connectivity index (χ0v) is 16.6. The summed E-state index contributed by atoms with van der Waals surface area (Å²) in [5.41, 5.74) is 5.70. The molecular weight excluding hydrogens is 370 g/mol. The maximum atomic E-state index is 12.7. The molecule has 0 radical (unpaired) electrons. The first-order chi connectivity index (χ1) is 13.5. The highest BCUT2D eigenvalue weighted by Crippen LogP contribution is 2.23. The molecule has 0 spiro atoms. The summed E-state index contributed by atoms with van der Waals surface area (Å²) in [7, 11) is 0. The number of thiazole rings is 1. The normalized spacial score (nSPS) is 10.8. The van der Waals surface area contributed by atoms with Gasteiger partial charge in [0, 0.05) is 22.8 Å². The van der Waals surface area contributed by atoms with Gasteiger partial charge in [-0.3, -0.25) is 4.79 Å². The number of carbonyl (C=O) groups is 1. The van der Waals surface area contributed by atoms with E-state index >= 15 is 0 Å². The van der Waals surface area contributed by atoms with Gasteiger partial charge in [0.2, 0.25) is 0 Å². The van der Waals surface area contributed by atoms with Crippen molar-refractivity contribution in [1.29, 1.82) is 0 Å². The monoisotopic (exact) mass is 389 g/mol. The van der Waals surface area contributed by atoms with Crippen molar-refractivity contribution in [3.8, 4) is 16.3 Å². The molecule has 2 heterocycles. The lowest BCUT2D eigenvalue weighted by Gasteiger charge is -2.05. The number of benzene rings is 2. The number of nitrogens with zero attached hydrogens (tertiary/aromatic N) is 4. The van der Waals surface area contributed by atoms with Gasteiger partial charge in [0.05, 0.1) is 11.4 Å². The minimum atomic E-state index is -0.282. The second-order valence-corrected chi connectivity index (χ2v) is 7.48. The lowest BCUT2D eigenvalue weighted by Crippen LogP contribution is -2.14. The molecule has 0 saturated heterocycles. The van der Waals surface area contributed by atoms with Crippen molar-refractivity contribution in [1.82, 2.24) is 20.0 Å². The van der Waals surface area contributed by atoms with Gasteiger partial charge < -0.3 is 5.32 Å². The van der Waals surface area contributed by atoms with Crippen LogP contribution >= 0.6 is 11.3 Å². The molecule has 2 aromatic heterocycles. The topological polar surface area (TPSA) is 72.7 Å². The number of aromatic nitrogens is 4. The van der Waals surface area contributed by atoms with Crippen LogP contribution in [0.1, 0.15) is 27.3 Å². The highest BCUT2D eigenvalue weighted by molar-refractivity contribution is 7.13. The molecule has 0 aliphatic rings. The van der Waals surface area contributed by atoms with E-state index in [0.29, 0.717) is 17.1 Å². The zero-order valence-electron chi connectivity index (χ0n) is 15.8. The lowest BCUT2D eigenvalue weighted by atomic mass is 10.1. The molecule has 0 bridgehead atoms. The summed E-state index contributed by atoms with van der Waals surface area (Å²) >= 11 is 1.58. The summed E-state index contributed by atoms with van der Waals surface area (Å²) in [6.45, 7) is 5.83. The molecule has 6 nitrogen and oxygen atoms in total. The zero-order chi connectivity index (χ0) is 19.7. The molecule has 140 valence electrons. The Hall–Kier alpha value is -3.32. The first-order valence-corrected chi connectivity index (χ1v) is 9.72. The average molecular weight is 389 g/mol. The van der Waals surface area contributed by atoms with Crippen LogP contribution in [0.2, 0.25) is 0 Å². The fourth-order valence-electron chi connectivity index (χ4n) is 2.98. The number of nitrogens with one attached hydrogen (secondary N) is 1. The molecule has 0 saturated carbocycles. The van der Waals surface area contributed by atoms with Gasteiger partial charge in [0.25, 0.3) is 5.91 Å². The predicted molar refractivity (Wildman–Crippen MR) is 111 cm³/mol. The Morgan fingerprint density at radius 1 is 1.04 bits per heavy atom. The van der Waals surface area contributed by atoms with Crippen LogP contribution in [0.3, 0.4) is 0 Å². The Labute approximate surface area is 166 Å². The fraction of sp³-hybridized carbons (Fsp3) is 0.143. The van der Waals surface area contributed by atoms with Gasteiger partial charge in [-0.15, -0.1) is 16.4 Å². The van der Waals surface area contributed by atoms with Gasteiger partial charge in [-0.25, -0.2) is 4.98 Å². The number of anilines is 1. The number of carbonyl (C=O) groups excluding carboxylic acids is 1. The number of amides is 1. The number of hydrogen-bond donors (Lipinski definition) is 1. The van der Waals surface area contributed by atoms with Gasteiger partial charge in [-0.1, -0.05) is 17.7 Å². The maximum absolute atomic E-state index is 12.7. The van der Waals surface area contributed by atoms with Gasteiger partial charge in [-0.2, -0.15) is 9.90 Å². The van der Waals surface area contributed by atoms with Crippen LogP contribution in [0.25, 0.3) is 16.3 Å². The van der Waals surface area contributed by atoms with Gasteiger partial charge in [-0.05, 0) is 56.7 Å². The van der Waals surface area contributed by atoms with Crippen molar-refractivity contribution >= 4 is 22.9 Å². The largest absolute Gasteiger partial charge is 0.321 e. The summed E-state index contributed by atoms with van der Waals surface area (Å²) in [6, 6.07) is 13.6. The quantitative estimate of drug-likeness (QED) is 0.555. The molecule has 0 atom stereocenters. The summed E-state index contributed by atoms with van der Waals surface area (Å²) in [4.78, 5) is 18.5. The first kappa shape index (κ1) is 18.1. The molecule has 0 aliphatic carbocycles. The second-order valence-electron chi connectivity index (χ2n) is 6.58. The second kappa shape index (κ2) is 7.36. The van der Waals surface area contributed by atoms with Crippen LogP contribution < -0.4 is 5.32 Å².